The monoisotopic (exact) mass is 1520 g/mol. The van der Waals surface area contributed by atoms with E-state index in [9.17, 15) is 100 Å². The molecule has 0 saturated carbocycles. The highest BCUT2D eigenvalue weighted by atomic mass is 31.2. The summed E-state index contributed by atoms with van der Waals surface area (Å²) < 4.78 is 160. The molecule has 0 aromatic carbocycles. The maximum Gasteiger partial charge on any atom is 0.472 e. The summed E-state index contributed by atoms with van der Waals surface area (Å²) in [5, 5.41) is 10.8. The molecule has 19 atom stereocenters. The molecule has 5 saturated heterocycles. The molecular weight excluding hydrogens is 1460 g/mol. The molecule has 10 heterocycles. The number of aromatic amines is 5. The van der Waals surface area contributed by atoms with E-state index in [0.29, 0.717) is 0 Å². The van der Waals surface area contributed by atoms with Crippen LogP contribution in [0.15, 0.2) is 78.9 Å². The minimum absolute atomic E-state index is 0.0119. The highest BCUT2D eigenvalue weighted by Gasteiger charge is 2.50. The first-order valence-electron chi connectivity index (χ1n) is 29.8. The molecule has 10 N–H and O–H groups in total. The topological polar surface area (TPSA) is 607 Å². The molecule has 5 aromatic rings. The summed E-state index contributed by atoms with van der Waals surface area (Å²) in [4.78, 5) is 181. The van der Waals surface area contributed by atoms with Crippen LogP contribution in [0.1, 0.15) is 91.1 Å². The predicted octanol–water partition coefficient (Wildman–Crippen LogP) is -1.81. The van der Waals surface area contributed by atoms with Crippen molar-refractivity contribution in [2.75, 3.05) is 33.0 Å². The lowest BCUT2D eigenvalue weighted by Gasteiger charge is -2.25. The van der Waals surface area contributed by atoms with Gasteiger partial charge in [-0.05, 0) is 34.6 Å². The molecule has 50 heteroatoms. The van der Waals surface area contributed by atoms with Crippen LogP contribution in [0.25, 0.3) is 0 Å². The van der Waals surface area contributed by atoms with Gasteiger partial charge in [0.05, 0.1) is 39.1 Å². The number of aliphatic hydroxyl groups excluding tert-OH is 1. The number of hydrogen-bond donors (Lipinski definition) is 10. The Kier molecular flexibility index (Phi) is 23.1. The normalized spacial score (nSPS) is 29.3. The van der Waals surface area contributed by atoms with E-state index in [1.165, 1.54) is 40.8 Å². The average Bonchev–Trinajstić information content (AvgIpc) is 1.77. The first-order valence-corrected chi connectivity index (χ1v) is 36.8. The molecule has 45 nitrogen and oxygen atoms in total. The number of nitrogens with one attached hydrogen (secondary N) is 5. The third-order valence-electron chi connectivity index (χ3n) is 16.2. The van der Waals surface area contributed by atoms with Crippen molar-refractivity contribution in [1.29, 1.82) is 0 Å². The van der Waals surface area contributed by atoms with Gasteiger partial charge in [0.2, 0.25) is 0 Å². The van der Waals surface area contributed by atoms with Crippen LogP contribution in [0.4, 0.5) is 0 Å². The van der Waals surface area contributed by atoms with E-state index in [-0.39, 0.29) is 34.2 Å². The Morgan fingerprint density at radius 1 is 0.380 bits per heavy atom. The van der Waals surface area contributed by atoms with Crippen LogP contribution >= 0.6 is 39.2 Å². The van der Waals surface area contributed by atoms with Gasteiger partial charge in [0.15, 0.2) is 0 Å². The van der Waals surface area contributed by atoms with Crippen LogP contribution < -0.4 is 56.2 Å². The van der Waals surface area contributed by atoms with Crippen LogP contribution in [-0.4, -0.2) is 167 Å². The Labute approximate surface area is 556 Å². The van der Waals surface area contributed by atoms with Gasteiger partial charge in [0.1, 0.15) is 86.1 Å². The molecule has 5 aliphatic heterocycles. The molecule has 5 aromatic heterocycles. The van der Waals surface area contributed by atoms with E-state index in [1.54, 1.807) is 0 Å². The fraction of sp³-hybridized carbons (Fsp3) is 0.600. The summed E-state index contributed by atoms with van der Waals surface area (Å²) in [5.41, 5.74) is -8.86. The van der Waals surface area contributed by atoms with Crippen molar-refractivity contribution in [2.24, 2.45) is 0 Å². The average molecular weight is 1520 g/mol. The van der Waals surface area contributed by atoms with Gasteiger partial charge >= 0.3 is 67.6 Å². The molecule has 4 unspecified atom stereocenters. The Bertz CT molecular complexity index is 4830. The minimum Gasteiger partial charge on any atom is -0.390 e. The van der Waals surface area contributed by atoms with Crippen molar-refractivity contribution in [3.05, 3.63) is 163 Å². The molecule has 5 aliphatic rings. The SMILES string of the molecule is Cc1cn([C@H]2C[C@H](OP(=O)(O)OC[C@H]3O[C@@H](n4cc(C)c(=O)[nH]c4=O)C[C@@H]3OP(=O)(O)OC[C@H]3O[C@@H](n4cc(C)c(=O)[nH]c4=O)C[C@@H]3OP(=O)(O)OC[C@H]3O[C@@H](n4cc(C)c(=O)[nH]c4=O)C[C@@H]3OP(=O)(O)OC[C@H]3O[C@@H](n4cc(C)c(=O)[nH]c4=O)C[C@@H]3O)[C@@H](COP(=O)=O)O2)c(=O)[nH]c1=O. The second kappa shape index (κ2) is 30.4. The lowest BCUT2D eigenvalue weighted by atomic mass is 10.2. The van der Waals surface area contributed by atoms with Gasteiger partial charge in [0.25, 0.3) is 27.8 Å². The van der Waals surface area contributed by atoms with Crippen molar-refractivity contribution in [2.45, 2.75) is 159 Å². The second-order valence-electron chi connectivity index (χ2n) is 23.4. The molecular formula is C50H65N10O35P5. The number of phosphoric acid groups is 4. The first kappa shape index (κ1) is 76.1. The van der Waals surface area contributed by atoms with E-state index in [4.69, 9.17) is 59.9 Å². The molecule has 0 spiro atoms. The number of rotatable bonds is 28. The number of nitrogens with zero attached hydrogens (tertiary/aromatic N) is 5. The highest BCUT2D eigenvalue weighted by molar-refractivity contribution is 7.48. The lowest BCUT2D eigenvalue weighted by molar-refractivity contribution is -0.0648. The van der Waals surface area contributed by atoms with E-state index in [0.717, 1.165) is 47.6 Å². The van der Waals surface area contributed by atoms with Gasteiger partial charge in [-0.15, -0.1) is 0 Å². The molecule has 0 aliphatic carbocycles. The van der Waals surface area contributed by atoms with Gasteiger partial charge in [-0.25, -0.2) is 51.4 Å². The number of aryl methyl sites for hydroxylation is 5. The minimum atomic E-state index is -5.62. The maximum atomic E-state index is 14.1. The summed E-state index contributed by atoms with van der Waals surface area (Å²) in [6.45, 7) is 1.62. The van der Waals surface area contributed by atoms with Crippen LogP contribution in [0.3, 0.4) is 0 Å². The quantitative estimate of drug-likeness (QED) is 0.0247. The molecule has 5 fully saturated rings. The zero-order valence-electron chi connectivity index (χ0n) is 52.6. The van der Waals surface area contributed by atoms with E-state index in [2.05, 4.69) is 14.5 Å². The van der Waals surface area contributed by atoms with Crippen LogP contribution in [0, 0.1) is 34.6 Å². The van der Waals surface area contributed by atoms with Crippen molar-refractivity contribution < 1.29 is 116 Å². The molecule has 550 valence electrons. The third kappa shape index (κ3) is 18.3. The first-order chi connectivity index (χ1) is 46.8. The van der Waals surface area contributed by atoms with Gasteiger partial charge in [-0.1, -0.05) is 0 Å². The highest BCUT2D eigenvalue weighted by Crippen LogP contribution is 2.55. The smallest absolute Gasteiger partial charge is 0.390 e. The molecule has 0 bridgehead atoms. The molecule has 0 amide bonds. The summed E-state index contributed by atoms with van der Waals surface area (Å²) in [5.74, 6) is 0. The summed E-state index contributed by atoms with van der Waals surface area (Å²) in [6, 6.07) is 0. The zero-order chi connectivity index (χ0) is 72.8. The molecule has 100 heavy (non-hydrogen) atoms. The lowest BCUT2D eigenvalue weighted by Crippen LogP contribution is -2.33. The van der Waals surface area contributed by atoms with Crippen LogP contribution in [0.2, 0.25) is 0 Å². The van der Waals surface area contributed by atoms with Gasteiger partial charge in [-0.3, -0.25) is 112 Å². The summed E-state index contributed by atoms with van der Waals surface area (Å²) >= 11 is 0. The zero-order valence-corrected chi connectivity index (χ0v) is 57.0. The summed E-state index contributed by atoms with van der Waals surface area (Å²) in [7, 11) is -25.5. The Morgan fingerprint density at radius 3 is 0.830 bits per heavy atom. The largest absolute Gasteiger partial charge is 0.472 e. The number of aliphatic hydroxyl groups is 1. The Balaban J connectivity index is 0.842. The third-order valence-corrected chi connectivity index (χ3v) is 20.6. The van der Waals surface area contributed by atoms with E-state index < -0.39 is 246 Å². The number of ether oxygens (including phenoxy) is 5. The van der Waals surface area contributed by atoms with E-state index >= 15 is 0 Å². The van der Waals surface area contributed by atoms with Crippen molar-refractivity contribution >= 4 is 39.2 Å². The fourth-order valence-corrected chi connectivity index (χ4v) is 15.3. The van der Waals surface area contributed by atoms with Gasteiger partial charge in [-0.2, -0.15) is 0 Å². The van der Waals surface area contributed by atoms with E-state index in [1.807, 2.05) is 15.0 Å². The Hall–Kier alpha value is -6.54. The fourth-order valence-electron chi connectivity index (χ4n) is 11.2. The van der Waals surface area contributed by atoms with Gasteiger partial charge in [0, 0.05) is 90.9 Å². The maximum absolute atomic E-state index is 14.1. The molecule has 0 radical (unpaired) electrons. The summed E-state index contributed by atoms with van der Waals surface area (Å²) in [6.07, 6.45) is -20.7. The van der Waals surface area contributed by atoms with Gasteiger partial charge < -0.3 is 48.4 Å². The van der Waals surface area contributed by atoms with Crippen molar-refractivity contribution in [1.82, 2.24) is 47.8 Å². The van der Waals surface area contributed by atoms with Crippen LogP contribution in [-0.2, 0) is 91.8 Å². The Morgan fingerprint density at radius 2 is 0.590 bits per heavy atom. The van der Waals surface area contributed by atoms with Crippen molar-refractivity contribution in [3.63, 3.8) is 0 Å². The number of aromatic nitrogens is 10. The predicted molar refractivity (Wildman–Crippen MR) is 326 cm³/mol. The molecule has 10 rings (SSSR count). The number of phosphoric ester groups is 4. The van der Waals surface area contributed by atoms with Crippen LogP contribution in [0.5, 0.6) is 0 Å². The standard InChI is InChI=1S/C50H65N10O35P5/c1-21-11-56(46(67)51-41(21)62)36-6-26(61)31(87-36)17-83-97(74,75)93-28-8-38(58-13-23(3)43(64)53-48(58)69)89-33(28)19-85-99(78,79)95-30-10-40(60-15-25(5)45(66)55-50(60)71)91-35(30)20-86-100(80,81)94-29-9-39(59-14-24(4)44(65)54-49(59)70)90-34(29)18-84-98(76,77)92-27-7-37(88-32(27)16-82-96(72)73)57-12-22(2)42(63)52-47(57)68/h11-15,26-40,61H,6-10,16-20H2,1-5H3,(H,74,75)(H,76,77)(H,78,79)(H,80,81)(H,51,62,67)(H,52,63,68)(H,53,64,69)(H,54,65,70)(H,55,66,71)/t26-,27-,28-,29-,30-,31+,32+,33+,34+,35+,36+,37+,38+,39+,40+/m0/s1. The number of H-pyrrole nitrogens is 5. The van der Waals surface area contributed by atoms with Crippen molar-refractivity contribution in [3.8, 4) is 0 Å². The number of hydrogen-bond acceptors (Lipinski definition) is 31. The second-order valence-corrected chi connectivity index (χ2v) is 29.8.